The molecule has 1 saturated heterocycles. The predicted molar refractivity (Wildman–Crippen MR) is 130 cm³/mol. The van der Waals surface area contributed by atoms with Gasteiger partial charge in [0.15, 0.2) is 12.1 Å². The summed E-state index contributed by atoms with van der Waals surface area (Å²) in [6, 6.07) is 5.56. The second-order valence-electron chi connectivity index (χ2n) is 10.2. The first kappa shape index (κ1) is 25.8. The first-order valence-electron chi connectivity index (χ1n) is 12.3. The Morgan fingerprint density at radius 1 is 1.19 bits per heavy atom. The highest BCUT2D eigenvalue weighted by Gasteiger charge is 2.47. The summed E-state index contributed by atoms with van der Waals surface area (Å²) >= 11 is 0. The summed E-state index contributed by atoms with van der Waals surface area (Å²) in [4.78, 5) is 27.0. The Balaban J connectivity index is 1.63. The van der Waals surface area contributed by atoms with Crippen LogP contribution < -0.4 is 10.5 Å². The van der Waals surface area contributed by atoms with Gasteiger partial charge in [0.05, 0.1) is 48.3 Å². The number of ketones is 2. The van der Waals surface area contributed by atoms with Gasteiger partial charge in [-0.1, -0.05) is 12.1 Å². The van der Waals surface area contributed by atoms with Gasteiger partial charge in [0.1, 0.15) is 11.5 Å². The van der Waals surface area contributed by atoms with Crippen LogP contribution in [0.2, 0.25) is 0 Å². The van der Waals surface area contributed by atoms with Crippen molar-refractivity contribution in [3.8, 4) is 11.5 Å². The standard InChI is InChI=1S/C27H31NO9/c1-11-23(30)16(28)8-19(36-11)37-18-10-27(34,12(2)29)9-13-7-15-22(25(32)20(13)18)26(33)21-14(24(15)31)5-4-6-17(21)35-3/h4-7,11-12,16,18-19,23,29-30,32,34H,8-10,28H2,1-3H3. The van der Waals surface area contributed by atoms with Crippen LogP contribution in [0.3, 0.4) is 0 Å². The van der Waals surface area contributed by atoms with Crippen molar-refractivity contribution in [2.45, 2.75) is 75.5 Å². The average molecular weight is 514 g/mol. The van der Waals surface area contributed by atoms with Gasteiger partial charge in [-0.3, -0.25) is 9.59 Å². The highest BCUT2D eigenvalue weighted by Crippen LogP contribution is 2.49. The molecule has 0 amide bonds. The van der Waals surface area contributed by atoms with Crippen LogP contribution in [0.15, 0.2) is 24.3 Å². The van der Waals surface area contributed by atoms with Gasteiger partial charge in [0.2, 0.25) is 5.78 Å². The lowest BCUT2D eigenvalue weighted by Gasteiger charge is -2.43. The zero-order chi connectivity index (χ0) is 26.8. The number of rotatable bonds is 4. The van der Waals surface area contributed by atoms with Gasteiger partial charge < -0.3 is 40.4 Å². The van der Waals surface area contributed by atoms with Crippen molar-refractivity contribution in [1.82, 2.24) is 0 Å². The Kier molecular flexibility index (Phi) is 6.38. The number of phenolic OH excluding ortho intramolecular Hbond substituents is 1. The number of ether oxygens (including phenoxy) is 3. The minimum atomic E-state index is -1.64. The number of aliphatic hydroxyl groups excluding tert-OH is 2. The lowest BCUT2D eigenvalue weighted by atomic mass is 9.72. The Hall–Kier alpha value is -2.86. The van der Waals surface area contributed by atoms with Crippen molar-refractivity contribution >= 4 is 11.6 Å². The van der Waals surface area contributed by atoms with Crippen LogP contribution in [0.4, 0.5) is 0 Å². The highest BCUT2D eigenvalue weighted by atomic mass is 16.7. The number of nitrogens with two attached hydrogens (primary N) is 1. The third kappa shape index (κ3) is 4.04. The Morgan fingerprint density at radius 3 is 2.57 bits per heavy atom. The number of aliphatic hydroxyl groups is 3. The minimum Gasteiger partial charge on any atom is -0.507 e. The van der Waals surface area contributed by atoms with Gasteiger partial charge in [-0.25, -0.2) is 0 Å². The highest BCUT2D eigenvalue weighted by molar-refractivity contribution is 6.30. The molecule has 6 N–H and O–H groups in total. The van der Waals surface area contributed by atoms with E-state index in [0.717, 1.165) is 0 Å². The Labute approximate surface area is 213 Å². The maximum atomic E-state index is 13.6. The Morgan fingerprint density at radius 2 is 1.92 bits per heavy atom. The van der Waals surface area contributed by atoms with Crippen molar-refractivity contribution in [3.05, 3.63) is 57.6 Å². The predicted octanol–water partition coefficient (Wildman–Crippen LogP) is 1.12. The smallest absolute Gasteiger partial charge is 0.201 e. The topological polar surface area (TPSA) is 169 Å². The van der Waals surface area contributed by atoms with Crippen LogP contribution in [-0.2, 0) is 15.9 Å². The first-order valence-corrected chi connectivity index (χ1v) is 12.3. The number of methoxy groups -OCH3 is 1. The fraction of sp³-hybridized carbons (Fsp3) is 0.481. The Bertz CT molecular complexity index is 1260. The van der Waals surface area contributed by atoms with E-state index in [1.165, 1.54) is 26.2 Å². The van der Waals surface area contributed by atoms with E-state index in [1.807, 2.05) is 0 Å². The number of carbonyl (C=O) groups excluding carboxylic acids is 2. The van der Waals surface area contributed by atoms with Crippen LogP contribution in [0.25, 0.3) is 0 Å². The zero-order valence-corrected chi connectivity index (χ0v) is 20.8. The zero-order valence-electron chi connectivity index (χ0n) is 20.8. The summed E-state index contributed by atoms with van der Waals surface area (Å²) in [5.74, 6) is -1.24. The molecule has 2 aliphatic carbocycles. The molecule has 1 aliphatic heterocycles. The molecule has 10 nitrogen and oxygen atoms in total. The summed E-state index contributed by atoms with van der Waals surface area (Å²) in [6.45, 7) is 3.10. The third-order valence-electron chi connectivity index (χ3n) is 7.82. The second-order valence-corrected chi connectivity index (χ2v) is 10.2. The molecule has 0 saturated carbocycles. The molecular formula is C27H31NO9. The average Bonchev–Trinajstić information content (AvgIpc) is 2.84. The number of phenols is 1. The summed E-state index contributed by atoms with van der Waals surface area (Å²) in [6.07, 6.45) is -4.59. The molecule has 1 fully saturated rings. The summed E-state index contributed by atoms with van der Waals surface area (Å²) in [5.41, 5.74) is 5.08. The normalized spacial score (nSPS) is 31.8. The SMILES string of the molecule is COc1cccc2c1C(=O)c1c(cc3c(c1O)C(OC1CC(N)C(O)C(C)O1)CC(O)(C(C)O)C3)C2=O. The molecule has 0 bridgehead atoms. The molecule has 5 rings (SSSR count). The molecule has 198 valence electrons. The number of hydrogen-bond acceptors (Lipinski definition) is 10. The quantitative estimate of drug-likeness (QED) is 0.341. The van der Waals surface area contributed by atoms with E-state index >= 15 is 0 Å². The summed E-state index contributed by atoms with van der Waals surface area (Å²) < 4.78 is 17.3. The van der Waals surface area contributed by atoms with Crippen molar-refractivity contribution in [2.75, 3.05) is 7.11 Å². The van der Waals surface area contributed by atoms with Crippen LogP contribution in [-0.4, -0.2) is 75.3 Å². The fourth-order valence-electron chi connectivity index (χ4n) is 5.66. The third-order valence-corrected chi connectivity index (χ3v) is 7.82. The maximum Gasteiger partial charge on any atom is 0.201 e. The molecule has 10 heteroatoms. The molecule has 37 heavy (non-hydrogen) atoms. The molecule has 3 aliphatic rings. The summed E-state index contributed by atoms with van der Waals surface area (Å²) in [5, 5.41) is 43.3. The van der Waals surface area contributed by atoms with Gasteiger partial charge in [0.25, 0.3) is 0 Å². The molecular weight excluding hydrogens is 482 g/mol. The lowest BCUT2D eigenvalue weighted by Crippen LogP contribution is -2.53. The molecule has 2 aromatic carbocycles. The van der Waals surface area contributed by atoms with Gasteiger partial charge in [-0.2, -0.15) is 0 Å². The van der Waals surface area contributed by atoms with Gasteiger partial charge in [-0.15, -0.1) is 0 Å². The van der Waals surface area contributed by atoms with E-state index in [9.17, 15) is 30.0 Å². The number of benzene rings is 2. The van der Waals surface area contributed by atoms with E-state index in [4.69, 9.17) is 19.9 Å². The largest absolute Gasteiger partial charge is 0.507 e. The molecule has 2 aromatic rings. The van der Waals surface area contributed by atoms with Crippen LogP contribution in [0, 0.1) is 0 Å². The van der Waals surface area contributed by atoms with E-state index in [2.05, 4.69) is 0 Å². The molecule has 1 heterocycles. The maximum absolute atomic E-state index is 13.6. The van der Waals surface area contributed by atoms with Crippen molar-refractivity contribution in [2.24, 2.45) is 5.73 Å². The molecule has 0 spiro atoms. The van der Waals surface area contributed by atoms with Gasteiger partial charge >= 0.3 is 0 Å². The van der Waals surface area contributed by atoms with Crippen LogP contribution in [0.1, 0.15) is 75.8 Å². The molecule has 0 aromatic heterocycles. The second kappa shape index (κ2) is 9.16. The van der Waals surface area contributed by atoms with E-state index < -0.39 is 59.7 Å². The molecule has 7 atom stereocenters. The summed E-state index contributed by atoms with van der Waals surface area (Å²) in [7, 11) is 1.39. The number of fused-ring (bicyclic) bond motifs is 3. The minimum absolute atomic E-state index is 0.00304. The van der Waals surface area contributed by atoms with E-state index in [1.54, 1.807) is 19.1 Å². The van der Waals surface area contributed by atoms with E-state index in [-0.39, 0.29) is 52.8 Å². The number of hydrogen-bond donors (Lipinski definition) is 5. The van der Waals surface area contributed by atoms with Crippen molar-refractivity contribution in [3.63, 3.8) is 0 Å². The lowest BCUT2D eigenvalue weighted by molar-refractivity contribution is -0.250. The molecule has 7 unspecified atom stereocenters. The van der Waals surface area contributed by atoms with Crippen LogP contribution in [0.5, 0.6) is 11.5 Å². The monoisotopic (exact) mass is 513 g/mol. The van der Waals surface area contributed by atoms with Crippen molar-refractivity contribution < 1.29 is 44.2 Å². The number of carbonyl (C=O) groups is 2. The van der Waals surface area contributed by atoms with Gasteiger partial charge in [-0.05, 0) is 31.5 Å². The van der Waals surface area contributed by atoms with Crippen molar-refractivity contribution in [1.29, 1.82) is 0 Å². The van der Waals surface area contributed by atoms with Gasteiger partial charge in [0, 0.05) is 42.0 Å². The molecule has 0 radical (unpaired) electrons. The first-order chi connectivity index (χ1) is 17.5. The fourth-order valence-corrected chi connectivity index (χ4v) is 5.66. The number of aromatic hydroxyl groups is 1. The van der Waals surface area contributed by atoms with E-state index in [0.29, 0.717) is 5.56 Å². The van der Waals surface area contributed by atoms with Crippen LogP contribution >= 0.6 is 0 Å².